The molecule has 0 amide bonds. The Morgan fingerprint density at radius 2 is 1.89 bits per heavy atom. The Kier molecular flexibility index (Phi) is 9.30. The summed E-state index contributed by atoms with van der Waals surface area (Å²) in [5.41, 5.74) is 1.27. The van der Waals surface area contributed by atoms with Crippen LogP contribution in [0.15, 0.2) is 35.3 Å². The molecule has 0 radical (unpaired) electrons. The normalized spacial score (nSPS) is 24.5. The summed E-state index contributed by atoms with van der Waals surface area (Å²) >= 11 is 0. The van der Waals surface area contributed by atoms with E-state index in [0.29, 0.717) is 6.04 Å². The molecule has 2 N–H and O–H groups in total. The highest BCUT2D eigenvalue weighted by molar-refractivity contribution is 14.0. The molecule has 3 rings (SSSR count). The first-order chi connectivity index (χ1) is 13.1. The molecule has 6 nitrogen and oxygen atoms in total. The van der Waals surface area contributed by atoms with Gasteiger partial charge in [0.15, 0.2) is 5.96 Å². The van der Waals surface area contributed by atoms with Crippen molar-refractivity contribution in [3.05, 3.63) is 30.3 Å². The molecule has 2 saturated heterocycles. The van der Waals surface area contributed by atoms with Crippen LogP contribution in [0, 0.1) is 0 Å². The van der Waals surface area contributed by atoms with Gasteiger partial charge in [-0.25, -0.2) is 0 Å². The van der Waals surface area contributed by atoms with Crippen molar-refractivity contribution in [2.45, 2.75) is 38.3 Å². The molecule has 2 atom stereocenters. The lowest BCUT2D eigenvalue weighted by atomic mass is 10.0. The van der Waals surface area contributed by atoms with Crippen LogP contribution >= 0.6 is 24.0 Å². The topological polar surface area (TPSA) is 52.1 Å². The zero-order chi connectivity index (χ0) is 19.1. The van der Waals surface area contributed by atoms with Crippen molar-refractivity contribution in [1.29, 1.82) is 0 Å². The number of nitrogens with zero attached hydrogens (tertiary/aromatic N) is 3. The number of hydrogen-bond acceptors (Lipinski definition) is 4. The van der Waals surface area contributed by atoms with Crippen LogP contribution in [0.25, 0.3) is 0 Å². The van der Waals surface area contributed by atoms with E-state index in [1.54, 1.807) is 0 Å². The van der Waals surface area contributed by atoms with Crippen molar-refractivity contribution < 1.29 is 4.74 Å². The third kappa shape index (κ3) is 6.49. The number of ether oxygens (including phenoxy) is 1. The fourth-order valence-electron chi connectivity index (χ4n) is 3.90. The maximum Gasteiger partial charge on any atom is 0.191 e. The summed E-state index contributed by atoms with van der Waals surface area (Å²) in [5, 5.41) is 6.90. The summed E-state index contributed by atoms with van der Waals surface area (Å²) in [6.45, 7) is 11.4. The third-order valence-corrected chi connectivity index (χ3v) is 5.78. The van der Waals surface area contributed by atoms with E-state index in [4.69, 9.17) is 4.74 Å². The van der Waals surface area contributed by atoms with Crippen LogP contribution in [0.1, 0.15) is 26.7 Å². The second-order valence-electron chi connectivity index (χ2n) is 7.92. The first-order valence-electron chi connectivity index (χ1n) is 10.2. The van der Waals surface area contributed by atoms with Gasteiger partial charge in [-0.3, -0.25) is 9.89 Å². The van der Waals surface area contributed by atoms with E-state index < -0.39 is 0 Å². The molecule has 7 heteroatoms. The summed E-state index contributed by atoms with van der Waals surface area (Å²) in [6.07, 6.45) is 2.26. The van der Waals surface area contributed by atoms with Gasteiger partial charge in [0.1, 0.15) is 0 Å². The van der Waals surface area contributed by atoms with Gasteiger partial charge in [-0.15, -0.1) is 24.0 Å². The van der Waals surface area contributed by atoms with Crippen molar-refractivity contribution in [2.75, 3.05) is 57.8 Å². The number of anilines is 1. The van der Waals surface area contributed by atoms with Gasteiger partial charge >= 0.3 is 0 Å². The minimum atomic E-state index is -0.0585. The van der Waals surface area contributed by atoms with E-state index >= 15 is 0 Å². The number of hydrogen-bond donors (Lipinski definition) is 2. The molecule has 2 fully saturated rings. The Bertz CT molecular complexity index is 598. The lowest BCUT2D eigenvalue weighted by Crippen LogP contribution is -2.54. The Balaban J connectivity index is 0.00000280. The molecular weight excluding hydrogens is 465 g/mol. The molecule has 2 unspecified atom stereocenters. The van der Waals surface area contributed by atoms with Crippen LogP contribution in [-0.2, 0) is 4.74 Å². The summed E-state index contributed by atoms with van der Waals surface area (Å²) in [7, 11) is 1.83. The first kappa shape index (κ1) is 23.2. The fourth-order valence-corrected chi connectivity index (χ4v) is 3.90. The number of rotatable bonds is 6. The molecule has 158 valence electrons. The van der Waals surface area contributed by atoms with Gasteiger partial charge in [0.2, 0.25) is 0 Å². The maximum atomic E-state index is 5.84. The van der Waals surface area contributed by atoms with Gasteiger partial charge < -0.3 is 20.3 Å². The smallest absolute Gasteiger partial charge is 0.191 e. The summed E-state index contributed by atoms with van der Waals surface area (Å²) in [5.74, 6) is 0.862. The lowest BCUT2D eigenvalue weighted by Gasteiger charge is -2.39. The van der Waals surface area contributed by atoms with E-state index in [0.717, 1.165) is 64.7 Å². The number of nitrogens with one attached hydrogen (secondary N) is 2. The largest absolute Gasteiger partial charge is 0.373 e. The second kappa shape index (κ2) is 11.2. The van der Waals surface area contributed by atoms with Crippen LogP contribution in [0.3, 0.4) is 0 Å². The van der Waals surface area contributed by atoms with Gasteiger partial charge in [0.05, 0.1) is 5.60 Å². The van der Waals surface area contributed by atoms with Crippen molar-refractivity contribution in [3.63, 3.8) is 0 Å². The summed E-state index contributed by atoms with van der Waals surface area (Å²) in [6, 6.07) is 11.2. The third-order valence-electron chi connectivity index (χ3n) is 5.78. The van der Waals surface area contributed by atoms with E-state index in [1.807, 2.05) is 7.05 Å². The number of benzene rings is 1. The molecule has 2 heterocycles. The summed E-state index contributed by atoms with van der Waals surface area (Å²) < 4.78 is 5.84. The Morgan fingerprint density at radius 3 is 2.50 bits per heavy atom. The highest BCUT2D eigenvalue weighted by atomic mass is 127. The standard InChI is InChI=1S/C21H35N5O.HI/c1-18(16-23-20(22-3)24-17-21(2)10-7-15-27-21)25-11-13-26(14-12-25)19-8-5-4-6-9-19;/h4-6,8-9,18H,7,10-17H2,1-3H3,(H2,22,23,24);1H. The number of aliphatic imine (C=N–C) groups is 1. The van der Waals surface area contributed by atoms with E-state index in [2.05, 4.69) is 69.6 Å². The van der Waals surface area contributed by atoms with E-state index in [1.165, 1.54) is 5.69 Å². The van der Waals surface area contributed by atoms with Crippen LogP contribution < -0.4 is 15.5 Å². The number of halogens is 1. The molecule has 0 aromatic heterocycles. The highest BCUT2D eigenvalue weighted by Crippen LogP contribution is 2.23. The van der Waals surface area contributed by atoms with Gasteiger partial charge in [0.25, 0.3) is 0 Å². The number of piperazine rings is 1. The Labute approximate surface area is 187 Å². The molecule has 28 heavy (non-hydrogen) atoms. The minimum absolute atomic E-state index is 0. The van der Waals surface area contributed by atoms with Crippen molar-refractivity contribution >= 4 is 35.6 Å². The fraction of sp³-hybridized carbons (Fsp3) is 0.667. The van der Waals surface area contributed by atoms with Crippen LogP contribution in [0.4, 0.5) is 5.69 Å². The maximum absolute atomic E-state index is 5.84. The van der Waals surface area contributed by atoms with Crippen molar-refractivity contribution in [1.82, 2.24) is 15.5 Å². The highest BCUT2D eigenvalue weighted by Gasteiger charge is 2.29. The van der Waals surface area contributed by atoms with E-state index in [9.17, 15) is 0 Å². The molecule has 0 saturated carbocycles. The van der Waals surface area contributed by atoms with E-state index in [-0.39, 0.29) is 29.6 Å². The van der Waals surface area contributed by atoms with Crippen molar-refractivity contribution in [2.24, 2.45) is 4.99 Å². The molecule has 2 aliphatic rings. The van der Waals surface area contributed by atoms with Crippen LogP contribution in [-0.4, -0.2) is 75.4 Å². The average Bonchev–Trinajstić information content (AvgIpc) is 3.15. The lowest BCUT2D eigenvalue weighted by molar-refractivity contribution is 0.0242. The first-order valence-corrected chi connectivity index (χ1v) is 10.2. The SMILES string of the molecule is CN=C(NCC(C)N1CCN(c2ccccc2)CC1)NCC1(C)CCCO1.I. The minimum Gasteiger partial charge on any atom is -0.373 e. The molecule has 0 spiro atoms. The number of guanidine groups is 1. The van der Waals surface area contributed by atoms with Gasteiger partial charge in [-0.2, -0.15) is 0 Å². The van der Waals surface area contributed by atoms with Crippen LogP contribution in [0.2, 0.25) is 0 Å². The Hall–Kier alpha value is -1.06. The van der Waals surface area contributed by atoms with Gasteiger partial charge in [0, 0.05) is 64.7 Å². The summed E-state index contributed by atoms with van der Waals surface area (Å²) in [4.78, 5) is 9.39. The Morgan fingerprint density at radius 1 is 1.18 bits per heavy atom. The molecule has 0 bridgehead atoms. The second-order valence-corrected chi connectivity index (χ2v) is 7.92. The zero-order valence-electron chi connectivity index (χ0n) is 17.5. The molecule has 0 aliphatic carbocycles. The predicted molar refractivity (Wildman–Crippen MR) is 128 cm³/mol. The zero-order valence-corrected chi connectivity index (χ0v) is 19.8. The predicted octanol–water partition coefficient (Wildman–Crippen LogP) is 2.55. The molecular formula is C21H36IN5O. The van der Waals surface area contributed by atoms with Crippen molar-refractivity contribution in [3.8, 4) is 0 Å². The van der Waals surface area contributed by atoms with Gasteiger partial charge in [-0.05, 0) is 38.8 Å². The monoisotopic (exact) mass is 501 g/mol. The average molecular weight is 501 g/mol. The number of para-hydroxylation sites is 1. The molecule has 1 aromatic carbocycles. The quantitative estimate of drug-likeness (QED) is 0.357. The van der Waals surface area contributed by atoms with Gasteiger partial charge in [-0.1, -0.05) is 18.2 Å². The molecule has 1 aromatic rings. The molecule has 2 aliphatic heterocycles. The van der Waals surface area contributed by atoms with Crippen LogP contribution in [0.5, 0.6) is 0 Å².